The molecule has 8 heteroatoms. The minimum atomic E-state index is -1.37. The third kappa shape index (κ3) is 2.70. The Hall–Kier alpha value is -2.19. The minimum absolute atomic E-state index is 0.312. The Balaban J connectivity index is 2.44. The van der Waals surface area contributed by atoms with Crippen LogP contribution < -0.4 is 10.6 Å². The number of rotatable bonds is 4. The fraction of sp³-hybridized carbons (Fsp3) is 0.417. The van der Waals surface area contributed by atoms with Gasteiger partial charge in [-0.05, 0) is 6.08 Å². The highest BCUT2D eigenvalue weighted by Crippen LogP contribution is 2.26. The predicted octanol–water partition coefficient (Wildman–Crippen LogP) is -1.17. The molecule has 2 heterocycles. The van der Waals surface area contributed by atoms with Crippen LogP contribution >= 0.6 is 0 Å². The van der Waals surface area contributed by atoms with Crippen molar-refractivity contribution in [2.24, 2.45) is 4.99 Å². The summed E-state index contributed by atoms with van der Waals surface area (Å²) in [6.07, 6.45) is 5.35. The molecule has 0 aromatic carbocycles. The van der Waals surface area contributed by atoms with Gasteiger partial charge in [0.2, 0.25) is 5.79 Å². The summed E-state index contributed by atoms with van der Waals surface area (Å²) in [4.78, 5) is 28.4. The Morgan fingerprint density at radius 1 is 1.30 bits per heavy atom. The fourth-order valence-corrected chi connectivity index (χ4v) is 2.31. The molecule has 4 N–H and O–H groups in total. The third-order valence-electron chi connectivity index (χ3n) is 3.18. The summed E-state index contributed by atoms with van der Waals surface area (Å²) in [5.74, 6) is -4.00. The van der Waals surface area contributed by atoms with Crippen LogP contribution in [0.15, 0.2) is 28.9 Å². The molecule has 108 valence electrons. The number of nitrogens with one attached hydrogen (secondary N) is 2. The Labute approximate surface area is 115 Å². The van der Waals surface area contributed by atoms with Crippen molar-refractivity contribution >= 4 is 18.2 Å². The van der Waals surface area contributed by atoms with E-state index in [2.05, 4.69) is 15.6 Å². The van der Waals surface area contributed by atoms with E-state index in [1.54, 1.807) is 12.3 Å². The zero-order chi connectivity index (χ0) is 14.6. The van der Waals surface area contributed by atoms with Gasteiger partial charge in [0.1, 0.15) is 5.57 Å². The van der Waals surface area contributed by atoms with Gasteiger partial charge in [0.25, 0.3) is 0 Å². The van der Waals surface area contributed by atoms with Gasteiger partial charge in [-0.1, -0.05) is 0 Å². The number of carboxylic acids is 2. The van der Waals surface area contributed by atoms with E-state index in [9.17, 15) is 14.7 Å². The fourth-order valence-electron chi connectivity index (χ4n) is 2.31. The highest BCUT2D eigenvalue weighted by Gasteiger charge is 2.44. The Morgan fingerprint density at radius 2 is 2.00 bits per heavy atom. The summed E-state index contributed by atoms with van der Waals surface area (Å²) >= 11 is 0. The molecule has 0 radical (unpaired) electrons. The van der Waals surface area contributed by atoms with Gasteiger partial charge in [0.05, 0.1) is 0 Å². The van der Waals surface area contributed by atoms with Crippen molar-refractivity contribution in [3.8, 4) is 0 Å². The molecular formula is C12H16N4O4. The van der Waals surface area contributed by atoms with Crippen LogP contribution in [0.25, 0.3) is 0 Å². The number of carbonyl (C=O) groups is 2. The summed E-state index contributed by atoms with van der Waals surface area (Å²) in [6.45, 7) is 2.48. The van der Waals surface area contributed by atoms with Gasteiger partial charge in [0, 0.05) is 44.7 Å². The van der Waals surface area contributed by atoms with E-state index in [-0.39, 0.29) is 5.57 Å². The highest BCUT2D eigenvalue weighted by molar-refractivity contribution is 5.97. The van der Waals surface area contributed by atoms with E-state index in [1.165, 1.54) is 6.21 Å². The normalized spacial score (nSPS) is 27.1. The van der Waals surface area contributed by atoms with E-state index >= 15 is 0 Å². The lowest BCUT2D eigenvalue weighted by atomic mass is 10.0. The topological polar surface area (TPSA) is 114 Å². The van der Waals surface area contributed by atoms with Crippen LogP contribution in [0.4, 0.5) is 0 Å². The van der Waals surface area contributed by atoms with Crippen LogP contribution in [0, 0.1) is 0 Å². The van der Waals surface area contributed by atoms with Gasteiger partial charge in [-0.15, -0.1) is 0 Å². The van der Waals surface area contributed by atoms with Gasteiger partial charge < -0.3 is 20.8 Å². The number of aliphatic carboxylic acids is 2. The first-order valence-corrected chi connectivity index (χ1v) is 6.18. The van der Waals surface area contributed by atoms with E-state index < -0.39 is 17.7 Å². The summed E-state index contributed by atoms with van der Waals surface area (Å²) in [5.41, 5.74) is -0.312. The lowest BCUT2D eigenvalue weighted by Gasteiger charge is -2.43. The molecule has 1 atom stereocenters. The summed E-state index contributed by atoms with van der Waals surface area (Å²) in [5, 5.41) is 24.3. The molecule has 0 aromatic rings. The number of hydrogen-bond acceptors (Lipinski definition) is 6. The maximum absolute atomic E-state index is 11.5. The molecule has 0 bridgehead atoms. The van der Waals surface area contributed by atoms with E-state index in [4.69, 9.17) is 5.11 Å². The van der Waals surface area contributed by atoms with Gasteiger partial charge >= 0.3 is 11.9 Å². The van der Waals surface area contributed by atoms with Crippen molar-refractivity contribution in [2.45, 2.75) is 5.79 Å². The molecule has 2 aliphatic rings. The molecule has 2 aliphatic heterocycles. The third-order valence-corrected chi connectivity index (χ3v) is 3.18. The van der Waals surface area contributed by atoms with E-state index in [1.807, 2.05) is 4.90 Å². The van der Waals surface area contributed by atoms with E-state index in [0.29, 0.717) is 32.3 Å². The van der Waals surface area contributed by atoms with Crippen molar-refractivity contribution in [1.82, 2.24) is 15.5 Å². The van der Waals surface area contributed by atoms with Gasteiger partial charge in [-0.2, -0.15) is 0 Å². The smallest absolute Gasteiger partial charge is 0.337 e. The van der Waals surface area contributed by atoms with Gasteiger partial charge in [0.15, 0.2) is 0 Å². The number of hydrogen-bond donors (Lipinski definition) is 4. The van der Waals surface area contributed by atoms with Crippen LogP contribution in [-0.2, 0) is 9.59 Å². The molecule has 0 amide bonds. The lowest BCUT2D eigenvalue weighted by Crippen LogP contribution is -2.63. The van der Waals surface area contributed by atoms with Crippen molar-refractivity contribution in [1.29, 1.82) is 0 Å². The maximum Gasteiger partial charge on any atom is 0.337 e. The average Bonchev–Trinajstić information content (AvgIpc) is 2.46. The zero-order valence-electron chi connectivity index (χ0n) is 10.7. The Kier molecular flexibility index (Phi) is 4.16. The second-order valence-corrected chi connectivity index (χ2v) is 4.39. The molecule has 8 nitrogen and oxygen atoms in total. The van der Waals surface area contributed by atoms with Crippen molar-refractivity contribution < 1.29 is 19.8 Å². The minimum Gasteiger partial charge on any atom is -0.478 e. The molecule has 1 saturated heterocycles. The first-order chi connectivity index (χ1) is 9.56. The summed E-state index contributed by atoms with van der Waals surface area (Å²) < 4.78 is 0. The Bertz CT molecular complexity index is 494. The molecule has 1 fully saturated rings. The van der Waals surface area contributed by atoms with Crippen LogP contribution in [-0.4, -0.2) is 65.2 Å². The molecular weight excluding hydrogens is 264 g/mol. The number of aliphatic imine (C=N–C) groups is 1. The highest BCUT2D eigenvalue weighted by atomic mass is 16.4. The molecule has 0 aliphatic carbocycles. The number of nitrogens with zero attached hydrogens (tertiary/aromatic N) is 2. The first-order valence-electron chi connectivity index (χ1n) is 6.18. The molecule has 0 spiro atoms. The van der Waals surface area contributed by atoms with Crippen molar-refractivity contribution in [2.75, 3.05) is 26.2 Å². The second-order valence-electron chi connectivity index (χ2n) is 4.39. The Morgan fingerprint density at radius 3 is 2.50 bits per heavy atom. The van der Waals surface area contributed by atoms with Gasteiger partial charge in [-0.25, -0.2) is 14.6 Å². The number of allylic oxidation sites excluding steroid dienone is 1. The summed E-state index contributed by atoms with van der Waals surface area (Å²) in [7, 11) is 0. The zero-order valence-corrected chi connectivity index (χ0v) is 10.7. The molecule has 0 saturated carbocycles. The number of carboxylic acid groups (broad SMARTS) is 2. The average molecular weight is 280 g/mol. The van der Waals surface area contributed by atoms with Crippen LogP contribution in [0.5, 0.6) is 0 Å². The number of piperazine rings is 1. The van der Waals surface area contributed by atoms with Crippen LogP contribution in [0.1, 0.15) is 0 Å². The molecule has 1 unspecified atom stereocenters. The maximum atomic E-state index is 11.5. The SMILES string of the molecule is O=C(O)C=C(C(=O)O)C1(N2CCNCC2)N=CC=CN1. The predicted molar refractivity (Wildman–Crippen MR) is 71.3 cm³/mol. The van der Waals surface area contributed by atoms with Crippen molar-refractivity contribution in [3.63, 3.8) is 0 Å². The quantitative estimate of drug-likeness (QED) is 0.480. The van der Waals surface area contributed by atoms with Crippen molar-refractivity contribution in [3.05, 3.63) is 23.9 Å². The van der Waals surface area contributed by atoms with Crippen LogP contribution in [0.3, 0.4) is 0 Å². The van der Waals surface area contributed by atoms with Crippen LogP contribution in [0.2, 0.25) is 0 Å². The second kappa shape index (κ2) is 5.85. The monoisotopic (exact) mass is 280 g/mol. The standard InChI is InChI=1S/C12H16N4O4/c17-10(18)8-9(11(19)20)12(14-2-1-3-15-12)16-6-4-13-5-7-16/h1-3,8,13-14H,4-7H2,(H,17,18)(H,19,20). The van der Waals surface area contributed by atoms with E-state index in [0.717, 1.165) is 0 Å². The van der Waals surface area contributed by atoms with Gasteiger partial charge in [-0.3, -0.25) is 4.90 Å². The summed E-state index contributed by atoms with van der Waals surface area (Å²) in [6, 6.07) is 0. The largest absolute Gasteiger partial charge is 0.478 e. The molecule has 20 heavy (non-hydrogen) atoms. The first kappa shape index (κ1) is 14.2. The lowest BCUT2D eigenvalue weighted by molar-refractivity contribution is -0.136. The molecule has 2 rings (SSSR count). The molecule has 0 aromatic heterocycles.